The van der Waals surface area contributed by atoms with E-state index in [1.165, 1.54) is 6.20 Å². The zero-order valence-corrected chi connectivity index (χ0v) is 8.89. The van der Waals surface area contributed by atoms with Gasteiger partial charge in [-0.25, -0.2) is 4.79 Å². The zero-order valence-electron chi connectivity index (χ0n) is 8.89. The van der Waals surface area contributed by atoms with Gasteiger partial charge in [-0.1, -0.05) is 20.8 Å². The van der Waals surface area contributed by atoms with E-state index in [0.29, 0.717) is 12.2 Å². The molecule has 0 spiro atoms. The molecule has 0 radical (unpaired) electrons. The number of hydrogen-bond acceptors (Lipinski definition) is 3. The van der Waals surface area contributed by atoms with Crippen molar-refractivity contribution in [1.82, 2.24) is 0 Å². The Morgan fingerprint density at radius 2 is 2.00 bits per heavy atom. The van der Waals surface area contributed by atoms with Crippen molar-refractivity contribution in [1.29, 1.82) is 0 Å². The molecule has 0 aliphatic heterocycles. The number of hydrogen-bond donors (Lipinski definition) is 1. The summed E-state index contributed by atoms with van der Waals surface area (Å²) in [6, 6.07) is 0. The summed E-state index contributed by atoms with van der Waals surface area (Å²) in [4.78, 5) is 11.1. The van der Waals surface area contributed by atoms with E-state index < -0.39 is 0 Å². The Morgan fingerprint density at radius 1 is 1.46 bits per heavy atom. The molecule has 0 aliphatic carbocycles. The van der Waals surface area contributed by atoms with Crippen LogP contribution in [0.25, 0.3) is 0 Å². The zero-order chi connectivity index (χ0) is 10.5. The Labute approximate surface area is 79.9 Å². The van der Waals surface area contributed by atoms with Crippen LogP contribution in [0.2, 0.25) is 0 Å². The molecular formula is C10H19NO2. The van der Waals surface area contributed by atoms with Gasteiger partial charge >= 0.3 is 5.97 Å². The minimum Gasteiger partial charge on any atom is -0.462 e. The summed E-state index contributed by atoms with van der Waals surface area (Å²) in [7, 11) is 0. The van der Waals surface area contributed by atoms with E-state index >= 15 is 0 Å². The standard InChI is InChI=1S/C10H19NO2/c1-8(7-11)9(12)13-6-5-10(2,3)4/h7H,5-6,11H2,1-4H3. The van der Waals surface area contributed by atoms with Crippen molar-refractivity contribution in [3.8, 4) is 0 Å². The smallest absolute Gasteiger partial charge is 0.335 e. The molecule has 0 heterocycles. The number of rotatable bonds is 3. The second-order valence-electron chi connectivity index (χ2n) is 4.30. The van der Waals surface area contributed by atoms with Crippen molar-refractivity contribution in [3.05, 3.63) is 11.8 Å². The maximum absolute atomic E-state index is 11.1. The molecule has 0 rings (SSSR count). The van der Waals surface area contributed by atoms with Crippen molar-refractivity contribution in [2.45, 2.75) is 34.1 Å². The molecule has 0 saturated carbocycles. The van der Waals surface area contributed by atoms with Gasteiger partial charge in [-0.3, -0.25) is 0 Å². The highest BCUT2D eigenvalue weighted by Gasteiger charge is 2.11. The second-order valence-corrected chi connectivity index (χ2v) is 4.30. The van der Waals surface area contributed by atoms with Crippen LogP contribution in [0.1, 0.15) is 34.1 Å². The average Bonchev–Trinajstić information content (AvgIpc) is 2.00. The van der Waals surface area contributed by atoms with Gasteiger partial charge in [0.2, 0.25) is 0 Å². The summed E-state index contributed by atoms with van der Waals surface area (Å²) < 4.78 is 4.98. The molecule has 0 aromatic heterocycles. The Morgan fingerprint density at radius 3 is 2.38 bits per heavy atom. The highest BCUT2D eigenvalue weighted by atomic mass is 16.5. The van der Waals surface area contributed by atoms with Gasteiger partial charge in [-0.2, -0.15) is 0 Å². The highest BCUT2D eigenvalue weighted by molar-refractivity contribution is 5.87. The predicted molar refractivity (Wildman–Crippen MR) is 53.0 cm³/mol. The predicted octanol–water partition coefficient (Wildman–Crippen LogP) is 1.83. The maximum atomic E-state index is 11.1. The largest absolute Gasteiger partial charge is 0.462 e. The first kappa shape index (κ1) is 12.0. The number of esters is 1. The summed E-state index contributed by atoms with van der Waals surface area (Å²) in [5.74, 6) is -0.327. The Bertz CT molecular complexity index is 201. The molecular weight excluding hydrogens is 166 g/mol. The number of carbonyl (C=O) groups excluding carboxylic acids is 1. The van der Waals surface area contributed by atoms with E-state index in [-0.39, 0.29) is 11.4 Å². The third-order valence-electron chi connectivity index (χ3n) is 1.66. The molecule has 0 bridgehead atoms. The number of nitrogens with two attached hydrogens (primary N) is 1. The number of carbonyl (C=O) groups is 1. The summed E-state index contributed by atoms with van der Waals surface area (Å²) in [5, 5.41) is 0. The van der Waals surface area contributed by atoms with Gasteiger partial charge in [0.25, 0.3) is 0 Å². The van der Waals surface area contributed by atoms with Crippen LogP contribution in [0.5, 0.6) is 0 Å². The third-order valence-corrected chi connectivity index (χ3v) is 1.66. The van der Waals surface area contributed by atoms with Crippen LogP contribution in [0.15, 0.2) is 11.8 Å². The van der Waals surface area contributed by atoms with Crippen molar-refractivity contribution in [2.75, 3.05) is 6.61 Å². The molecule has 0 aromatic carbocycles. The van der Waals surface area contributed by atoms with E-state index in [0.717, 1.165) is 6.42 Å². The van der Waals surface area contributed by atoms with Gasteiger partial charge in [0.1, 0.15) is 0 Å². The second kappa shape index (κ2) is 4.90. The fourth-order valence-corrected chi connectivity index (χ4v) is 0.632. The monoisotopic (exact) mass is 185 g/mol. The van der Waals surface area contributed by atoms with Crippen LogP contribution < -0.4 is 5.73 Å². The molecule has 0 saturated heterocycles. The van der Waals surface area contributed by atoms with Crippen molar-refractivity contribution >= 4 is 5.97 Å². The van der Waals surface area contributed by atoms with Crippen LogP contribution in [-0.4, -0.2) is 12.6 Å². The maximum Gasteiger partial charge on any atom is 0.335 e. The fraction of sp³-hybridized carbons (Fsp3) is 0.700. The van der Waals surface area contributed by atoms with E-state index in [4.69, 9.17) is 10.5 Å². The minimum absolute atomic E-state index is 0.195. The van der Waals surface area contributed by atoms with Gasteiger partial charge < -0.3 is 10.5 Å². The summed E-state index contributed by atoms with van der Waals surface area (Å²) in [6.45, 7) is 8.40. The van der Waals surface area contributed by atoms with E-state index in [1.54, 1.807) is 6.92 Å². The van der Waals surface area contributed by atoms with Gasteiger partial charge in [-0.15, -0.1) is 0 Å². The van der Waals surface area contributed by atoms with Gasteiger partial charge in [-0.05, 0) is 18.8 Å². The van der Waals surface area contributed by atoms with Gasteiger partial charge in [0.15, 0.2) is 0 Å². The molecule has 13 heavy (non-hydrogen) atoms. The quantitative estimate of drug-likeness (QED) is 0.539. The van der Waals surface area contributed by atoms with Crippen LogP contribution in [0, 0.1) is 5.41 Å². The van der Waals surface area contributed by atoms with Crippen LogP contribution >= 0.6 is 0 Å². The molecule has 0 unspecified atom stereocenters. The lowest BCUT2D eigenvalue weighted by Crippen LogP contribution is -2.14. The van der Waals surface area contributed by atoms with E-state index in [9.17, 15) is 4.79 Å². The summed E-state index contributed by atoms with van der Waals surface area (Å²) >= 11 is 0. The molecule has 0 atom stereocenters. The lowest BCUT2D eigenvalue weighted by molar-refractivity contribution is -0.139. The van der Waals surface area contributed by atoms with Crippen LogP contribution in [-0.2, 0) is 9.53 Å². The molecule has 0 aromatic rings. The molecule has 3 nitrogen and oxygen atoms in total. The van der Waals surface area contributed by atoms with E-state index in [2.05, 4.69) is 20.8 Å². The third kappa shape index (κ3) is 6.20. The van der Waals surface area contributed by atoms with Crippen molar-refractivity contribution in [2.24, 2.45) is 11.1 Å². The Balaban J connectivity index is 3.73. The SMILES string of the molecule is CC(=CN)C(=O)OCCC(C)(C)C. The minimum atomic E-state index is -0.327. The van der Waals surface area contributed by atoms with Crippen molar-refractivity contribution in [3.63, 3.8) is 0 Å². The molecule has 0 aliphatic rings. The lowest BCUT2D eigenvalue weighted by Gasteiger charge is -2.17. The molecule has 76 valence electrons. The first-order chi connectivity index (χ1) is 5.87. The summed E-state index contributed by atoms with van der Waals surface area (Å²) in [5.41, 5.74) is 5.82. The fourth-order valence-electron chi connectivity index (χ4n) is 0.632. The highest BCUT2D eigenvalue weighted by Crippen LogP contribution is 2.18. The normalized spacial score (nSPS) is 12.8. The van der Waals surface area contributed by atoms with Gasteiger partial charge in [0.05, 0.1) is 6.61 Å². The Kier molecular flexibility index (Phi) is 4.52. The molecule has 0 fully saturated rings. The Hall–Kier alpha value is -0.990. The molecule has 2 N–H and O–H groups in total. The average molecular weight is 185 g/mol. The van der Waals surface area contributed by atoms with Crippen LogP contribution in [0.3, 0.4) is 0 Å². The van der Waals surface area contributed by atoms with Crippen molar-refractivity contribution < 1.29 is 9.53 Å². The van der Waals surface area contributed by atoms with E-state index in [1.807, 2.05) is 0 Å². The first-order valence-electron chi connectivity index (χ1n) is 4.42. The summed E-state index contributed by atoms with van der Waals surface area (Å²) in [6.07, 6.45) is 2.12. The molecule has 3 heteroatoms. The lowest BCUT2D eigenvalue weighted by atomic mass is 9.93. The number of ether oxygens (including phenoxy) is 1. The molecule has 0 amide bonds. The first-order valence-corrected chi connectivity index (χ1v) is 4.42. The van der Waals surface area contributed by atoms with Gasteiger partial charge in [0, 0.05) is 11.8 Å². The van der Waals surface area contributed by atoms with Crippen LogP contribution in [0.4, 0.5) is 0 Å². The topological polar surface area (TPSA) is 52.3 Å².